The number of carbonyl (C=O) groups is 1. The molecular weight excluding hydrogens is 240 g/mol. The molecule has 2 unspecified atom stereocenters. The number of benzene rings is 1. The van der Waals surface area contributed by atoms with E-state index in [2.05, 4.69) is 16.7 Å². The minimum Gasteiger partial charge on any atom is -0.494 e. The van der Waals surface area contributed by atoms with Gasteiger partial charge in [-0.05, 0) is 43.9 Å². The van der Waals surface area contributed by atoms with Gasteiger partial charge in [-0.3, -0.25) is 4.79 Å². The van der Waals surface area contributed by atoms with Gasteiger partial charge in [0.05, 0.1) is 12.6 Å². The van der Waals surface area contributed by atoms with Gasteiger partial charge in [0.2, 0.25) is 5.91 Å². The van der Waals surface area contributed by atoms with Crippen LogP contribution in [0.3, 0.4) is 0 Å². The Morgan fingerprint density at radius 2 is 2.26 bits per heavy atom. The Morgan fingerprint density at radius 3 is 3.00 bits per heavy atom. The molecule has 1 heterocycles. The number of likely N-dealkylation sites (N-methyl/N-ethyl adjacent to an activating group) is 1. The highest BCUT2D eigenvalue weighted by Crippen LogP contribution is 2.34. The first-order valence-electron chi connectivity index (χ1n) is 6.93. The number of hydrogen-bond acceptors (Lipinski definition) is 3. The van der Waals surface area contributed by atoms with Crippen molar-refractivity contribution in [1.29, 1.82) is 0 Å². The second kappa shape index (κ2) is 6.57. The molecule has 0 aromatic heterocycles. The largest absolute Gasteiger partial charge is 0.494 e. The van der Waals surface area contributed by atoms with E-state index in [9.17, 15) is 4.79 Å². The maximum atomic E-state index is 11.7. The SMILES string of the molecule is CCOc1ccccc1C1CCNC(C(=O)NC)C1. The highest BCUT2D eigenvalue weighted by atomic mass is 16.5. The number of piperidine rings is 1. The molecule has 2 N–H and O–H groups in total. The highest BCUT2D eigenvalue weighted by Gasteiger charge is 2.28. The van der Waals surface area contributed by atoms with E-state index < -0.39 is 0 Å². The van der Waals surface area contributed by atoms with Crippen molar-refractivity contribution in [2.45, 2.75) is 31.7 Å². The molecule has 0 spiro atoms. The average molecular weight is 262 g/mol. The molecule has 19 heavy (non-hydrogen) atoms. The number of para-hydroxylation sites is 1. The Labute approximate surface area is 114 Å². The third-order valence-electron chi connectivity index (χ3n) is 3.63. The van der Waals surface area contributed by atoms with Gasteiger partial charge < -0.3 is 15.4 Å². The highest BCUT2D eigenvalue weighted by molar-refractivity contribution is 5.81. The van der Waals surface area contributed by atoms with Gasteiger partial charge in [0.25, 0.3) is 0 Å². The summed E-state index contributed by atoms with van der Waals surface area (Å²) < 4.78 is 5.69. The Kier molecular flexibility index (Phi) is 4.80. The van der Waals surface area contributed by atoms with Gasteiger partial charge in [-0.1, -0.05) is 18.2 Å². The van der Waals surface area contributed by atoms with E-state index in [1.54, 1.807) is 7.05 Å². The van der Waals surface area contributed by atoms with Crippen molar-refractivity contribution in [3.05, 3.63) is 29.8 Å². The predicted octanol–water partition coefficient (Wildman–Crippen LogP) is 1.67. The first-order valence-corrected chi connectivity index (χ1v) is 6.93. The molecule has 4 nitrogen and oxygen atoms in total. The Balaban J connectivity index is 2.15. The van der Waals surface area contributed by atoms with Crippen LogP contribution in [0.5, 0.6) is 5.75 Å². The zero-order valence-electron chi connectivity index (χ0n) is 11.6. The molecule has 0 aliphatic carbocycles. The number of hydrogen-bond donors (Lipinski definition) is 2. The summed E-state index contributed by atoms with van der Waals surface area (Å²) in [5.74, 6) is 1.40. The first kappa shape index (κ1) is 13.9. The molecule has 4 heteroatoms. The monoisotopic (exact) mass is 262 g/mol. The van der Waals surface area contributed by atoms with Crippen LogP contribution in [0.15, 0.2) is 24.3 Å². The lowest BCUT2D eigenvalue weighted by molar-refractivity contribution is -0.123. The van der Waals surface area contributed by atoms with E-state index in [-0.39, 0.29) is 11.9 Å². The van der Waals surface area contributed by atoms with Crippen molar-refractivity contribution < 1.29 is 9.53 Å². The summed E-state index contributed by atoms with van der Waals surface area (Å²) >= 11 is 0. The minimum absolute atomic E-state index is 0.0681. The van der Waals surface area contributed by atoms with E-state index >= 15 is 0 Å². The van der Waals surface area contributed by atoms with E-state index in [1.807, 2.05) is 25.1 Å². The number of ether oxygens (including phenoxy) is 1. The molecule has 1 aromatic carbocycles. The van der Waals surface area contributed by atoms with E-state index in [1.165, 1.54) is 5.56 Å². The quantitative estimate of drug-likeness (QED) is 0.868. The molecule has 1 fully saturated rings. The summed E-state index contributed by atoms with van der Waals surface area (Å²) in [6.45, 7) is 3.52. The lowest BCUT2D eigenvalue weighted by atomic mass is 9.85. The Morgan fingerprint density at radius 1 is 1.47 bits per heavy atom. The number of carbonyl (C=O) groups excluding carboxylic acids is 1. The summed E-state index contributed by atoms with van der Waals surface area (Å²) in [7, 11) is 1.68. The maximum absolute atomic E-state index is 11.7. The maximum Gasteiger partial charge on any atom is 0.236 e. The van der Waals surface area contributed by atoms with Gasteiger partial charge in [-0.25, -0.2) is 0 Å². The van der Waals surface area contributed by atoms with Crippen LogP contribution in [0.4, 0.5) is 0 Å². The molecule has 1 aromatic rings. The Bertz CT molecular complexity index is 434. The molecule has 1 saturated heterocycles. The number of nitrogens with one attached hydrogen (secondary N) is 2. The number of amides is 1. The molecule has 2 atom stereocenters. The molecule has 104 valence electrons. The molecule has 1 amide bonds. The van der Waals surface area contributed by atoms with Crippen LogP contribution < -0.4 is 15.4 Å². The summed E-state index contributed by atoms with van der Waals surface area (Å²) in [5.41, 5.74) is 1.22. The van der Waals surface area contributed by atoms with Gasteiger partial charge in [0.15, 0.2) is 0 Å². The van der Waals surface area contributed by atoms with Gasteiger partial charge in [0, 0.05) is 7.05 Å². The normalized spacial score (nSPS) is 22.8. The van der Waals surface area contributed by atoms with Crippen molar-refractivity contribution in [3.63, 3.8) is 0 Å². The molecule has 0 radical (unpaired) electrons. The fourth-order valence-corrected chi connectivity index (χ4v) is 2.68. The van der Waals surface area contributed by atoms with Crippen molar-refractivity contribution in [1.82, 2.24) is 10.6 Å². The second-order valence-electron chi connectivity index (χ2n) is 4.81. The fourth-order valence-electron chi connectivity index (χ4n) is 2.68. The predicted molar refractivity (Wildman–Crippen MR) is 75.4 cm³/mol. The summed E-state index contributed by atoms with van der Waals surface area (Å²) in [5, 5.41) is 5.98. The fraction of sp³-hybridized carbons (Fsp3) is 0.533. The van der Waals surface area contributed by atoms with Crippen molar-refractivity contribution in [2.75, 3.05) is 20.2 Å². The lowest BCUT2D eigenvalue weighted by Crippen LogP contribution is -2.47. The van der Waals surface area contributed by atoms with Gasteiger partial charge in [-0.2, -0.15) is 0 Å². The molecule has 1 aliphatic rings. The first-order chi connectivity index (χ1) is 9.26. The summed E-state index contributed by atoms with van der Waals surface area (Å²) in [6, 6.07) is 8.05. The van der Waals surface area contributed by atoms with Crippen LogP contribution >= 0.6 is 0 Å². The molecule has 2 rings (SSSR count). The summed E-state index contributed by atoms with van der Waals surface area (Å²) in [4.78, 5) is 11.7. The zero-order chi connectivity index (χ0) is 13.7. The van der Waals surface area contributed by atoms with Crippen molar-refractivity contribution in [3.8, 4) is 5.75 Å². The molecular formula is C15H22N2O2. The van der Waals surface area contributed by atoms with Crippen LogP contribution in [-0.2, 0) is 4.79 Å². The Hall–Kier alpha value is -1.55. The van der Waals surface area contributed by atoms with Crippen molar-refractivity contribution in [2.24, 2.45) is 0 Å². The van der Waals surface area contributed by atoms with Crippen LogP contribution in [0.2, 0.25) is 0 Å². The van der Waals surface area contributed by atoms with Crippen LogP contribution in [0.1, 0.15) is 31.2 Å². The molecule has 1 aliphatic heterocycles. The lowest BCUT2D eigenvalue weighted by Gasteiger charge is -2.30. The summed E-state index contributed by atoms with van der Waals surface area (Å²) in [6.07, 6.45) is 1.86. The van der Waals surface area contributed by atoms with Gasteiger partial charge >= 0.3 is 0 Å². The number of rotatable bonds is 4. The third-order valence-corrected chi connectivity index (χ3v) is 3.63. The molecule has 0 bridgehead atoms. The zero-order valence-corrected chi connectivity index (χ0v) is 11.6. The second-order valence-corrected chi connectivity index (χ2v) is 4.81. The minimum atomic E-state index is -0.0987. The topological polar surface area (TPSA) is 50.4 Å². The average Bonchev–Trinajstić information content (AvgIpc) is 2.47. The van der Waals surface area contributed by atoms with Crippen molar-refractivity contribution >= 4 is 5.91 Å². The van der Waals surface area contributed by atoms with Crippen LogP contribution in [-0.4, -0.2) is 32.1 Å². The van der Waals surface area contributed by atoms with E-state index in [4.69, 9.17) is 4.74 Å². The van der Waals surface area contributed by atoms with Crippen LogP contribution in [0.25, 0.3) is 0 Å². The van der Waals surface area contributed by atoms with Gasteiger partial charge in [0.1, 0.15) is 5.75 Å². The smallest absolute Gasteiger partial charge is 0.236 e. The van der Waals surface area contributed by atoms with E-state index in [0.29, 0.717) is 12.5 Å². The standard InChI is InChI=1S/C15H22N2O2/c1-3-19-14-7-5-4-6-12(14)11-8-9-17-13(10-11)15(18)16-2/h4-7,11,13,17H,3,8-10H2,1-2H3,(H,16,18). The third kappa shape index (κ3) is 3.26. The van der Waals surface area contributed by atoms with E-state index in [0.717, 1.165) is 25.1 Å². The molecule has 0 saturated carbocycles. The van der Waals surface area contributed by atoms with Gasteiger partial charge in [-0.15, -0.1) is 0 Å². The van der Waals surface area contributed by atoms with Crippen LogP contribution in [0, 0.1) is 0 Å².